The van der Waals surface area contributed by atoms with Gasteiger partial charge in [0.1, 0.15) is 24.7 Å². The van der Waals surface area contributed by atoms with Crippen molar-refractivity contribution in [1.82, 2.24) is 10.2 Å². The molecule has 1 unspecified atom stereocenters. The topological polar surface area (TPSA) is 111 Å². The van der Waals surface area contributed by atoms with Gasteiger partial charge in [0.2, 0.25) is 5.13 Å². The van der Waals surface area contributed by atoms with Crippen LogP contribution < -0.4 is 19.1 Å². The molecule has 46 heavy (non-hydrogen) atoms. The number of ether oxygens (including phenoxy) is 3. The average molecular weight is 699 g/mol. The van der Waals surface area contributed by atoms with Crippen LogP contribution in [0.25, 0.3) is 5.76 Å². The Hall–Kier alpha value is -3.77. The zero-order chi connectivity index (χ0) is 32.4. The highest BCUT2D eigenvalue weighted by atomic mass is 35.5. The van der Waals surface area contributed by atoms with Crippen molar-refractivity contribution in [3.8, 4) is 17.2 Å². The third-order valence-corrected chi connectivity index (χ3v) is 10.1. The largest absolute Gasteiger partial charge is 0.507 e. The number of carbonyl (C=O) groups is 2. The number of Topliss-reactive ketones (excluding diaryl/α,β-unsaturated/α-hetero) is 1. The Kier molecular flexibility index (Phi) is 9.74. The number of fused-ring (bicyclic) bond motifs is 1. The van der Waals surface area contributed by atoms with Gasteiger partial charge in [-0.2, -0.15) is 0 Å². The molecular formula is C33H29Cl2N3O6S2. The summed E-state index contributed by atoms with van der Waals surface area (Å²) in [5.41, 5.74) is 1.66. The Morgan fingerprint density at radius 3 is 2.65 bits per heavy atom. The Morgan fingerprint density at radius 2 is 1.87 bits per heavy atom. The molecule has 1 atom stereocenters. The van der Waals surface area contributed by atoms with Crippen LogP contribution in [0.15, 0.2) is 70.6 Å². The molecule has 6 rings (SSSR count). The number of amides is 1. The summed E-state index contributed by atoms with van der Waals surface area (Å²) < 4.78 is 17.9. The van der Waals surface area contributed by atoms with E-state index in [1.54, 1.807) is 48.5 Å². The van der Waals surface area contributed by atoms with Crippen LogP contribution >= 0.6 is 46.3 Å². The van der Waals surface area contributed by atoms with Gasteiger partial charge in [0.25, 0.3) is 5.78 Å². The number of hydrogen-bond acceptors (Lipinski definition) is 10. The number of nitrogens with zero attached hydrogens (tertiary/aromatic N) is 3. The van der Waals surface area contributed by atoms with Crippen LogP contribution in [0.4, 0.5) is 5.13 Å². The van der Waals surface area contributed by atoms with Crippen molar-refractivity contribution in [2.75, 3.05) is 24.7 Å². The van der Waals surface area contributed by atoms with Crippen LogP contribution in [0, 0.1) is 5.92 Å². The van der Waals surface area contributed by atoms with Gasteiger partial charge < -0.3 is 19.3 Å². The predicted octanol–water partition coefficient (Wildman–Crippen LogP) is 7.96. The Bertz CT molecular complexity index is 1830. The first kappa shape index (κ1) is 32.2. The van der Waals surface area contributed by atoms with Gasteiger partial charge in [-0.05, 0) is 65.9 Å². The number of anilines is 1. The van der Waals surface area contributed by atoms with Crippen LogP contribution in [0.2, 0.25) is 10.0 Å². The normalized spacial score (nSPS) is 17.2. The Labute approximate surface area is 284 Å². The van der Waals surface area contributed by atoms with Gasteiger partial charge in [-0.3, -0.25) is 14.5 Å². The Morgan fingerprint density at radius 1 is 1.07 bits per heavy atom. The number of rotatable bonds is 10. The highest BCUT2D eigenvalue weighted by Crippen LogP contribution is 2.45. The van der Waals surface area contributed by atoms with E-state index in [0.717, 1.165) is 23.3 Å². The van der Waals surface area contributed by atoms with Crippen molar-refractivity contribution in [3.05, 3.63) is 93.0 Å². The number of thioether (sulfide) groups is 1. The van der Waals surface area contributed by atoms with E-state index in [0.29, 0.717) is 74.3 Å². The molecular weight excluding hydrogens is 669 g/mol. The number of ketones is 1. The van der Waals surface area contributed by atoms with Gasteiger partial charge in [-0.1, -0.05) is 78.3 Å². The SMILES string of the molecule is CC(C)CCOc1cccc(C2C(=C(O)c3ccc4c(c3)OCCO4)C(=O)C(=O)N2c2nnc(SCc3ccc(Cl)cc3Cl)s2)c1. The number of aliphatic hydroxyl groups is 1. The molecule has 238 valence electrons. The standard InChI is InChI=1S/C33H29Cl2N3O6S2/c1-18(2)10-11-42-23-5-3-4-19(14-23)28-27(29(39)20-7-9-25-26(15-20)44-13-12-43-25)30(40)31(41)38(28)32-36-37-33(46-32)45-17-21-6-8-22(34)16-24(21)35/h3-9,14-16,18,28,39H,10-13,17H2,1-2H3. The lowest BCUT2D eigenvalue weighted by atomic mass is 9.95. The van der Waals surface area contributed by atoms with Crippen LogP contribution in [0.5, 0.6) is 17.2 Å². The second-order valence-corrected chi connectivity index (χ2v) is 14.0. The number of aromatic nitrogens is 2. The molecule has 0 saturated carbocycles. The van der Waals surface area contributed by atoms with Crippen molar-refractivity contribution >= 4 is 68.9 Å². The molecule has 1 fully saturated rings. The molecule has 13 heteroatoms. The Balaban J connectivity index is 1.38. The number of aliphatic hydroxyl groups excluding tert-OH is 1. The van der Waals surface area contributed by atoms with Crippen molar-refractivity contribution in [3.63, 3.8) is 0 Å². The first-order valence-corrected chi connectivity index (χ1v) is 17.1. The molecule has 4 aromatic rings. The summed E-state index contributed by atoms with van der Waals surface area (Å²) in [5, 5.41) is 21.5. The van der Waals surface area contributed by atoms with Crippen LogP contribution in [0.3, 0.4) is 0 Å². The van der Waals surface area contributed by atoms with Gasteiger partial charge in [-0.15, -0.1) is 10.2 Å². The van der Waals surface area contributed by atoms with E-state index in [4.69, 9.17) is 37.4 Å². The maximum atomic E-state index is 13.7. The van der Waals surface area contributed by atoms with E-state index in [2.05, 4.69) is 24.0 Å². The molecule has 2 aliphatic heterocycles. The highest BCUT2D eigenvalue weighted by molar-refractivity contribution is 8.00. The number of carbonyl (C=O) groups excluding carboxylic acids is 2. The molecule has 9 nitrogen and oxygen atoms in total. The smallest absolute Gasteiger partial charge is 0.301 e. The van der Waals surface area contributed by atoms with Gasteiger partial charge in [0.15, 0.2) is 15.8 Å². The minimum atomic E-state index is -1.00. The summed E-state index contributed by atoms with van der Waals surface area (Å²) in [5.74, 6) is 0.484. The van der Waals surface area contributed by atoms with E-state index in [1.165, 1.54) is 16.7 Å². The second kappa shape index (κ2) is 13.9. The third kappa shape index (κ3) is 6.83. The number of benzene rings is 3. The lowest BCUT2D eigenvalue weighted by molar-refractivity contribution is -0.132. The molecule has 1 saturated heterocycles. The quantitative estimate of drug-likeness (QED) is 0.0580. The molecule has 0 aliphatic carbocycles. The van der Waals surface area contributed by atoms with E-state index in [1.807, 2.05) is 12.1 Å². The van der Waals surface area contributed by atoms with Crippen LogP contribution in [-0.2, 0) is 15.3 Å². The summed E-state index contributed by atoms with van der Waals surface area (Å²) in [6.45, 7) is 5.50. The lowest BCUT2D eigenvalue weighted by Crippen LogP contribution is -2.29. The maximum absolute atomic E-state index is 13.7. The van der Waals surface area contributed by atoms with E-state index >= 15 is 0 Å². The summed E-state index contributed by atoms with van der Waals surface area (Å²) in [7, 11) is 0. The molecule has 0 radical (unpaired) electrons. The first-order valence-electron chi connectivity index (χ1n) is 14.5. The monoisotopic (exact) mass is 697 g/mol. The highest BCUT2D eigenvalue weighted by Gasteiger charge is 2.48. The fourth-order valence-corrected chi connectivity index (χ4v) is 7.44. The lowest BCUT2D eigenvalue weighted by Gasteiger charge is -2.23. The summed E-state index contributed by atoms with van der Waals surface area (Å²) in [6, 6.07) is 16.3. The first-order chi connectivity index (χ1) is 22.2. The van der Waals surface area contributed by atoms with E-state index in [-0.39, 0.29) is 16.5 Å². The van der Waals surface area contributed by atoms with Crippen molar-refractivity contribution in [2.24, 2.45) is 5.92 Å². The summed E-state index contributed by atoms with van der Waals surface area (Å²) in [4.78, 5) is 28.7. The van der Waals surface area contributed by atoms with Gasteiger partial charge >= 0.3 is 5.91 Å². The molecule has 0 bridgehead atoms. The zero-order valence-corrected chi connectivity index (χ0v) is 28.0. The van der Waals surface area contributed by atoms with Crippen LogP contribution in [0.1, 0.15) is 43.0 Å². The molecule has 3 aromatic carbocycles. The van der Waals surface area contributed by atoms with E-state index < -0.39 is 17.7 Å². The average Bonchev–Trinajstić information content (AvgIpc) is 3.61. The van der Waals surface area contributed by atoms with Crippen LogP contribution in [-0.4, -0.2) is 46.8 Å². The van der Waals surface area contributed by atoms with Crippen molar-refractivity contribution < 1.29 is 28.9 Å². The van der Waals surface area contributed by atoms with Gasteiger partial charge in [0.05, 0.1) is 18.2 Å². The van der Waals surface area contributed by atoms with Gasteiger partial charge in [-0.25, -0.2) is 0 Å². The molecule has 1 N–H and O–H groups in total. The summed E-state index contributed by atoms with van der Waals surface area (Å²) in [6.07, 6.45) is 0.860. The minimum Gasteiger partial charge on any atom is -0.507 e. The zero-order valence-electron chi connectivity index (χ0n) is 24.9. The van der Waals surface area contributed by atoms with E-state index in [9.17, 15) is 14.7 Å². The molecule has 1 aromatic heterocycles. The molecule has 0 spiro atoms. The summed E-state index contributed by atoms with van der Waals surface area (Å²) >= 11 is 14.9. The molecule has 1 amide bonds. The van der Waals surface area contributed by atoms with Crippen molar-refractivity contribution in [2.45, 2.75) is 36.4 Å². The molecule has 2 aliphatic rings. The fraction of sp³-hybridized carbons (Fsp3) is 0.273. The fourth-order valence-electron chi connectivity index (χ4n) is 5.01. The minimum absolute atomic E-state index is 0.0849. The van der Waals surface area contributed by atoms with Crippen molar-refractivity contribution in [1.29, 1.82) is 0 Å². The predicted molar refractivity (Wildman–Crippen MR) is 180 cm³/mol. The number of halogens is 2. The number of hydrogen-bond donors (Lipinski definition) is 1. The third-order valence-electron chi connectivity index (χ3n) is 7.37. The molecule has 3 heterocycles. The van der Waals surface area contributed by atoms with Gasteiger partial charge in [0, 0.05) is 21.4 Å². The maximum Gasteiger partial charge on any atom is 0.301 e. The second-order valence-electron chi connectivity index (χ2n) is 11.0.